The molecule has 0 aromatic heterocycles. The summed E-state index contributed by atoms with van der Waals surface area (Å²) >= 11 is 0. The van der Waals surface area contributed by atoms with Gasteiger partial charge in [0.25, 0.3) is 0 Å². The molecule has 1 unspecified atom stereocenters. The lowest BCUT2D eigenvalue weighted by atomic mass is 10.1. The zero-order valence-corrected chi connectivity index (χ0v) is 15.6. The van der Waals surface area contributed by atoms with E-state index >= 15 is 0 Å². The molecule has 0 bridgehead atoms. The van der Waals surface area contributed by atoms with Crippen LogP contribution in [0.2, 0.25) is 18.1 Å². The Morgan fingerprint density at radius 2 is 1.64 bits per heavy atom. The first-order valence-electron chi connectivity index (χ1n) is 8.12. The van der Waals surface area contributed by atoms with Crippen LogP contribution in [0, 0.1) is 0 Å². The van der Waals surface area contributed by atoms with E-state index in [-0.39, 0.29) is 6.10 Å². The number of rotatable bonds is 10. The molecule has 0 saturated carbocycles. The standard InChI is InChI=1S/C18H30O3Si/c1-7-22(8-2,9-3)21-16(5)18(19-6)20-15(4)17-13-11-10-12-14-17/h10-15,18H,5,7-9H2,1-4,6H3/t15-,18?/m1/s1. The summed E-state index contributed by atoms with van der Waals surface area (Å²) in [7, 11) is -0.120. The molecule has 0 aliphatic rings. The van der Waals surface area contributed by atoms with Crippen molar-refractivity contribution >= 4 is 8.32 Å². The molecule has 0 saturated heterocycles. The Balaban J connectivity index is 2.72. The molecule has 0 radical (unpaired) electrons. The first-order chi connectivity index (χ1) is 10.5. The van der Waals surface area contributed by atoms with Gasteiger partial charge in [0.05, 0.1) is 6.10 Å². The Hall–Kier alpha value is -1.10. The van der Waals surface area contributed by atoms with Gasteiger partial charge in [0.2, 0.25) is 14.6 Å². The van der Waals surface area contributed by atoms with Crippen LogP contribution >= 0.6 is 0 Å². The van der Waals surface area contributed by atoms with Gasteiger partial charge in [-0.2, -0.15) is 0 Å². The molecule has 0 spiro atoms. The highest BCUT2D eigenvalue weighted by atomic mass is 28.4. The van der Waals surface area contributed by atoms with Crippen LogP contribution in [0.5, 0.6) is 0 Å². The molecule has 1 aromatic rings. The molecule has 22 heavy (non-hydrogen) atoms. The molecule has 0 N–H and O–H groups in total. The molecule has 124 valence electrons. The van der Waals surface area contributed by atoms with Crippen molar-refractivity contribution in [2.45, 2.75) is 58.2 Å². The molecule has 2 atom stereocenters. The van der Waals surface area contributed by atoms with E-state index in [0.717, 1.165) is 23.7 Å². The molecule has 0 amide bonds. The van der Waals surface area contributed by atoms with Gasteiger partial charge in [0.15, 0.2) is 0 Å². The Kier molecular flexibility index (Phi) is 7.86. The minimum atomic E-state index is -1.75. The topological polar surface area (TPSA) is 27.7 Å². The maximum Gasteiger partial charge on any atom is 0.250 e. The fraction of sp³-hybridized carbons (Fsp3) is 0.556. The lowest BCUT2D eigenvalue weighted by Gasteiger charge is -2.33. The van der Waals surface area contributed by atoms with Gasteiger partial charge in [0, 0.05) is 7.11 Å². The van der Waals surface area contributed by atoms with Crippen molar-refractivity contribution in [1.29, 1.82) is 0 Å². The second kappa shape index (κ2) is 9.13. The molecule has 3 nitrogen and oxygen atoms in total. The van der Waals surface area contributed by atoms with E-state index in [2.05, 4.69) is 27.4 Å². The summed E-state index contributed by atoms with van der Waals surface area (Å²) in [6.45, 7) is 12.7. The van der Waals surface area contributed by atoms with E-state index in [1.54, 1.807) is 7.11 Å². The van der Waals surface area contributed by atoms with Gasteiger partial charge in [-0.25, -0.2) is 0 Å². The van der Waals surface area contributed by atoms with E-state index in [1.165, 1.54) is 0 Å². The fourth-order valence-electron chi connectivity index (χ4n) is 2.54. The molecule has 0 fully saturated rings. The summed E-state index contributed by atoms with van der Waals surface area (Å²) in [5, 5.41) is 0. The number of hydrogen-bond donors (Lipinski definition) is 0. The molecule has 0 aliphatic heterocycles. The van der Waals surface area contributed by atoms with Crippen LogP contribution in [0.1, 0.15) is 39.4 Å². The minimum absolute atomic E-state index is 0.0764. The Morgan fingerprint density at radius 3 is 2.09 bits per heavy atom. The maximum absolute atomic E-state index is 6.27. The first-order valence-corrected chi connectivity index (χ1v) is 10.7. The molecule has 1 aromatic carbocycles. The largest absolute Gasteiger partial charge is 0.543 e. The average molecular weight is 323 g/mol. The predicted molar refractivity (Wildman–Crippen MR) is 94.2 cm³/mol. The van der Waals surface area contributed by atoms with Crippen LogP contribution in [0.3, 0.4) is 0 Å². The summed E-state index contributed by atoms with van der Waals surface area (Å²) in [6, 6.07) is 13.3. The normalized spacial score (nSPS) is 14.4. The van der Waals surface area contributed by atoms with Gasteiger partial charge in [-0.1, -0.05) is 57.7 Å². The van der Waals surface area contributed by atoms with Crippen molar-refractivity contribution < 1.29 is 13.9 Å². The second-order valence-corrected chi connectivity index (χ2v) is 10.3. The van der Waals surface area contributed by atoms with Crippen LogP contribution in [-0.2, 0) is 13.9 Å². The predicted octanol–water partition coefficient (Wildman–Crippen LogP) is 5.27. The quantitative estimate of drug-likeness (QED) is 0.333. The average Bonchev–Trinajstić information content (AvgIpc) is 2.58. The fourth-order valence-corrected chi connectivity index (χ4v) is 5.13. The first kappa shape index (κ1) is 18.9. The molecule has 4 heteroatoms. The van der Waals surface area contributed by atoms with E-state index in [0.29, 0.717) is 5.76 Å². The molecule has 0 aliphatic carbocycles. The van der Waals surface area contributed by atoms with E-state index in [9.17, 15) is 0 Å². The lowest BCUT2D eigenvalue weighted by Crippen LogP contribution is -2.38. The van der Waals surface area contributed by atoms with Gasteiger partial charge < -0.3 is 13.9 Å². The summed E-state index contributed by atoms with van der Waals surface area (Å²) in [6.07, 6.45) is -0.612. The third-order valence-corrected chi connectivity index (χ3v) is 8.92. The second-order valence-electron chi connectivity index (χ2n) is 5.57. The number of methoxy groups -OCH3 is 1. The van der Waals surface area contributed by atoms with Crippen LogP contribution < -0.4 is 0 Å². The number of ether oxygens (including phenoxy) is 2. The Labute approximate surface area is 136 Å². The molecule has 1 rings (SSSR count). The maximum atomic E-state index is 6.27. The highest BCUT2D eigenvalue weighted by Gasteiger charge is 2.33. The van der Waals surface area contributed by atoms with E-state index in [4.69, 9.17) is 13.9 Å². The van der Waals surface area contributed by atoms with Crippen molar-refractivity contribution in [1.82, 2.24) is 0 Å². The van der Waals surface area contributed by atoms with Crippen molar-refractivity contribution in [2.24, 2.45) is 0 Å². The zero-order valence-electron chi connectivity index (χ0n) is 14.6. The number of hydrogen-bond acceptors (Lipinski definition) is 3. The van der Waals surface area contributed by atoms with Crippen molar-refractivity contribution in [3.05, 3.63) is 48.2 Å². The van der Waals surface area contributed by atoms with Gasteiger partial charge in [0.1, 0.15) is 5.76 Å². The van der Waals surface area contributed by atoms with Crippen LogP contribution in [-0.4, -0.2) is 21.7 Å². The molecular weight excluding hydrogens is 292 g/mol. The van der Waals surface area contributed by atoms with Gasteiger partial charge in [-0.15, -0.1) is 0 Å². The smallest absolute Gasteiger partial charge is 0.250 e. The molecular formula is C18H30O3Si. The summed E-state index contributed by atoms with van der Waals surface area (Å²) in [4.78, 5) is 0. The van der Waals surface area contributed by atoms with E-state index < -0.39 is 14.6 Å². The van der Waals surface area contributed by atoms with Crippen molar-refractivity contribution in [2.75, 3.05) is 7.11 Å². The third kappa shape index (κ3) is 4.97. The summed E-state index contributed by atoms with van der Waals surface area (Å²) in [5.74, 6) is 0.600. The van der Waals surface area contributed by atoms with Crippen LogP contribution in [0.25, 0.3) is 0 Å². The SMILES string of the molecule is C=C(O[Si](CC)(CC)CC)C(OC)O[C@H](C)c1ccccc1. The zero-order chi connectivity index (χ0) is 16.6. The van der Waals surface area contributed by atoms with Crippen LogP contribution in [0.4, 0.5) is 0 Å². The van der Waals surface area contributed by atoms with Gasteiger partial charge >= 0.3 is 0 Å². The van der Waals surface area contributed by atoms with Gasteiger partial charge in [-0.05, 0) is 30.6 Å². The van der Waals surface area contributed by atoms with Crippen LogP contribution in [0.15, 0.2) is 42.7 Å². The van der Waals surface area contributed by atoms with Crippen molar-refractivity contribution in [3.8, 4) is 0 Å². The highest BCUT2D eigenvalue weighted by Crippen LogP contribution is 2.28. The Morgan fingerprint density at radius 1 is 1.09 bits per heavy atom. The lowest BCUT2D eigenvalue weighted by molar-refractivity contribution is -0.144. The van der Waals surface area contributed by atoms with E-state index in [1.807, 2.05) is 37.3 Å². The number of benzene rings is 1. The van der Waals surface area contributed by atoms with Gasteiger partial charge in [-0.3, -0.25) is 0 Å². The Bertz CT molecular complexity index is 435. The van der Waals surface area contributed by atoms with Crippen molar-refractivity contribution in [3.63, 3.8) is 0 Å². The third-order valence-electron chi connectivity index (χ3n) is 4.35. The minimum Gasteiger partial charge on any atom is -0.543 e. The highest BCUT2D eigenvalue weighted by molar-refractivity contribution is 6.73. The summed E-state index contributed by atoms with van der Waals surface area (Å²) in [5.41, 5.74) is 1.11. The molecule has 0 heterocycles. The summed E-state index contributed by atoms with van der Waals surface area (Å²) < 4.78 is 17.7. The monoisotopic (exact) mass is 322 g/mol.